The Labute approximate surface area is 188 Å². The van der Waals surface area contributed by atoms with Crippen LogP contribution in [0.1, 0.15) is 0 Å². The lowest BCUT2D eigenvalue weighted by Crippen LogP contribution is -2.55. The van der Waals surface area contributed by atoms with E-state index in [9.17, 15) is 22.4 Å². The van der Waals surface area contributed by atoms with Gasteiger partial charge in [-0.15, -0.1) is 6.58 Å². The first-order valence-corrected chi connectivity index (χ1v) is 12.1. The molecule has 2 fully saturated rings. The summed E-state index contributed by atoms with van der Waals surface area (Å²) in [5.74, 6) is -0.869. The number of nitrogens with one attached hydrogen (secondary N) is 1. The molecule has 0 atom stereocenters. The highest BCUT2D eigenvalue weighted by Gasteiger charge is 2.32. The smallest absolute Gasteiger partial charge is 0.246 e. The summed E-state index contributed by atoms with van der Waals surface area (Å²) in [7, 11) is -3.92. The van der Waals surface area contributed by atoms with Crippen molar-refractivity contribution < 1.29 is 22.4 Å². The third kappa shape index (κ3) is 6.12. The minimum atomic E-state index is -3.92. The Morgan fingerprint density at radius 1 is 0.969 bits per heavy atom. The fraction of sp³-hybridized carbons (Fsp3) is 0.524. The maximum absolute atomic E-state index is 14.0. The molecule has 0 aromatic heterocycles. The predicted molar refractivity (Wildman–Crippen MR) is 118 cm³/mol. The first-order chi connectivity index (χ1) is 15.3. The quantitative estimate of drug-likeness (QED) is 0.522. The number of sulfonamides is 1. The Kier molecular flexibility index (Phi) is 8.35. The predicted octanol–water partition coefficient (Wildman–Crippen LogP) is -0.422. The third-order valence-corrected chi connectivity index (χ3v) is 7.61. The second kappa shape index (κ2) is 11.0. The van der Waals surface area contributed by atoms with Gasteiger partial charge in [0.25, 0.3) is 0 Å². The number of carbonyl (C=O) groups excluding carboxylic acids is 2. The van der Waals surface area contributed by atoms with Gasteiger partial charge in [0, 0.05) is 58.9 Å². The lowest BCUT2D eigenvalue weighted by molar-refractivity contribution is -0.134. The van der Waals surface area contributed by atoms with Crippen LogP contribution < -0.4 is 5.32 Å². The lowest BCUT2D eigenvalue weighted by Gasteiger charge is -2.37. The van der Waals surface area contributed by atoms with Crippen LogP contribution in [0.5, 0.6) is 0 Å². The molecule has 1 N–H and O–H groups in total. The van der Waals surface area contributed by atoms with Crippen LogP contribution in [0.25, 0.3) is 0 Å². The van der Waals surface area contributed by atoms with E-state index >= 15 is 0 Å². The van der Waals surface area contributed by atoms with Crippen LogP contribution in [-0.2, 0) is 19.6 Å². The summed E-state index contributed by atoms with van der Waals surface area (Å²) < 4.78 is 40.6. The Bertz CT molecular complexity index is 926. The normalized spacial score (nSPS) is 19.0. The van der Waals surface area contributed by atoms with Crippen LogP contribution in [0.3, 0.4) is 0 Å². The molecular formula is C21H30FN5O4S. The van der Waals surface area contributed by atoms with E-state index in [0.29, 0.717) is 39.3 Å². The number of amides is 2. The van der Waals surface area contributed by atoms with E-state index < -0.39 is 15.8 Å². The topological polar surface area (TPSA) is 93.3 Å². The van der Waals surface area contributed by atoms with E-state index in [1.54, 1.807) is 11.0 Å². The summed E-state index contributed by atoms with van der Waals surface area (Å²) in [5, 5.41) is 2.75. The average Bonchev–Trinajstić information content (AvgIpc) is 2.79. The number of hydrogen-bond acceptors (Lipinski definition) is 6. The van der Waals surface area contributed by atoms with Crippen molar-refractivity contribution in [3.63, 3.8) is 0 Å². The minimum Gasteiger partial charge on any atom is -0.352 e. The van der Waals surface area contributed by atoms with Gasteiger partial charge in [-0.25, -0.2) is 12.8 Å². The summed E-state index contributed by atoms with van der Waals surface area (Å²) in [6, 6.07) is 5.32. The Hall–Kier alpha value is -2.34. The maximum atomic E-state index is 14.0. The molecule has 0 unspecified atom stereocenters. The van der Waals surface area contributed by atoms with Crippen molar-refractivity contribution in [2.75, 3.05) is 72.0 Å². The molecule has 176 valence electrons. The van der Waals surface area contributed by atoms with Gasteiger partial charge in [-0.2, -0.15) is 4.31 Å². The van der Waals surface area contributed by atoms with Crippen LogP contribution >= 0.6 is 0 Å². The highest BCUT2D eigenvalue weighted by atomic mass is 32.2. The summed E-state index contributed by atoms with van der Waals surface area (Å²) in [6.07, 6.45) is 1.64. The number of halogens is 1. The van der Waals surface area contributed by atoms with Crippen molar-refractivity contribution in [1.29, 1.82) is 0 Å². The van der Waals surface area contributed by atoms with Gasteiger partial charge < -0.3 is 10.2 Å². The standard InChI is InChI=1S/C21H30FN5O4S/c1-2-7-23-20(28)16-24-8-10-25(11-9-24)17-21(29)26-12-14-27(15-13-26)32(30,31)19-6-4-3-5-18(19)22/h2-6H,1,7-17H2,(H,23,28). The van der Waals surface area contributed by atoms with Crippen LogP contribution in [0, 0.1) is 5.82 Å². The largest absolute Gasteiger partial charge is 0.352 e. The Morgan fingerprint density at radius 2 is 1.56 bits per heavy atom. The summed E-state index contributed by atoms with van der Waals surface area (Å²) in [6.45, 7) is 8.18. The van der Waals surface area contributed by atoms with Crippen LogP contribution in [0.4, 0.5) is 4.39 Å². The van der Waals surface area contributed by atoms with Gasteiger partial charge in [0.1, 0.15) is 10.7 Å². The van der Waals surface area contributed by atoms with Gasteiger partial charge in [0.15, 0.2) is 0 Å². The van der Waals surface area contributed by atoms with Gasteiger partial charge in [-0.05, 0) is 12.1 Å². The van der Waals surface area contributed by atoms with Crippen LogP contribution in [0.2, 0.25) is 0 Å². The zero-order chi connectivity index (χ0) is 23.1. The molecule has 2 heterocycles. The molecular weight excluding hydrogens is 437 g/mol. The highest BCUT2D eigenvalue weighted by molar-refractivity contribution is 7.89. The molecule has 0 bridgehead atoms. The highest BCUT2D eigenvalue weighted by Crippen LogP contribution is 2.20. The first-order valence-electron chi connectivity index (χ1n) is 10.7. The number of hydrogen-bond donors (Lipinski definition) is 1. The van der Waals surface area contributed by atoms with E-state index in [4.69, 9.17) is 0 Å². The maximum Gasteiger partial charge on any atom is 0.246 e. The SMILES string of the molecule is C=CCNC(=O)CN1CCN(CC(=O)N2CCN(S(=O)(=O)c3ccccc3F)CC2)CC1. The van der Waals surface area contributed by atoms with E-state index in [-0.39, 0.29) is 49.4 Å². The van der Waals surface area contributed by atoms with Gasteiger partial charge in [0.05, 0.1) is 13.1 Å². The molecule has 3 rings (SSSR count). The van der Waals surface area contributed by atoms with Gasteiger partial charge >= 0.3 is 0 Å². The molecule has 11 heteroatoms. The Morgan fingerprint density at radius 3 is 2.16 bits per heavy atom. The van der Waals surface area contributed by atoms with Gasteiger partial charge in [0.2, 0.25) is 21.8 Å². The zero-order valence-electron chi connectivity index (χ0n) is 18.1. The van der Waals surface area contributed by atoms with Crippen LogP contribution in [0.15, 0.2) is 41.8 Å². The fourth-order valence-corrected chi connectivity index (χ4v) is 5.30. The second-order valence-corrected chi connectivity index (χ2v) is 9.77. The molecule has 2 saturated heterocycles. The number of piperazine rings is 2. The number of benzene rings is 1. The fourth-order valence-electron chi connectivity index (χ4n) is 3.81. The summed E-state index contributed by atoms with van der Waals surface area (Å²) >= 11 is 0. The monoisotopic (exact) mass is 467 g/mol. The van der Waals surface area contributed by atoms with Gasteiger partial charge in [-0.1, -0.05) is 18.2 Å². The summed E-state index contributed by atoms with van der Waals surface area (Å²) in [4.78, 5) is 29.9. The number of rotatable bonds is 8. The first kappa shape index (κ1) is 24.3. The minimum absolute atomic E-state index is 0.0439. The van der Waals surface area contributed by atoms with Crippen molar-refractivity contribution in [2.45, 2.75) is 4.90 Å². The van der Waals surface area contributed by atoms with Crippen molar-refractivity contribution in [1.82, 2.24) is 24.3 Å². The lowest BCUT2D eigenvalue weighted by atomic mass is 10.3. The molecule has 0 radical (unpaired) electrons. The third-order valence-electron chi connectivity index (χ3n) is 5.68. The van der Waals surface area contributed by atoms with E-state index in [2.05, 4.69) is 11.9 Å². The second-order valence-electron chi connectivity index (χ2n) is 7.86. The molecule has 2 aliphatic heterocycles. The molecule has 0 aliphatic carbocycles. The number of carbonyl (C=O) groups is 2. The van der Waals surface area contributed by atoms with Crippen molar-refractivity contribution in [3.05, 3.63) is 42.7 Å². The van der Waals surface area contributed by atoms with E-state index in [0.717, 1.165) is 6.07 Å². The molecule has 2 amide bonds. The molecule has 0 spiro atoms. The van der Waals surface area contributed by atoms with Crippen molar-refractivity contribution >= 4 is 21.8 Å². The van der Waals surface area contributed by atoms with E-state index in [1.807, 2.05) is 9.80 Å². The van der Waals surface area contributed by atoms with Gasteiger partial charge in [-0.3, -0.25) is 19.4 Å². The molecule has 9 nitrogen and oxygen atoms in total. The van der Waals surface area contributed by atoms with Crippen molar-refractivity contribution in [2.24, 2.45) is 0 Å². The molecule has 0 saturated carbocycles. The summed E-state index contributed by atoms with van der Waals surface area (Å²) in [5.41, 5.74) is 0. The van der Waals surface area contributed by atoms with Crippen molar-refractivity contribution in [3.8, 4) is 0 Å². The Balaban J connectivity index is 1.43. The average molecular weight is 468 g/mol. The molecule has 1 aromatic carbocycles. The van der Waals surface area contributed by atoms with E-state index in [1.165, 1.54) is 22.5 Å². The zero-order valence-corrected chi connectivity index (χ0v) is 18.9. The molecule has 1 aromatic rings. The molecule has 2 aliphatic rings. The molecule has 32 heavy (non-hydrogen) atoms. The number of nitrogens with zero attached hydrogens (tertiary/aromatic N) is 4. The van der Waals surface area contributed by atoms with Crippen LogP contribution in [-0.4, -0.2) is 111 Å².